The van der Waals surface area contributed by atoms with Crippen LogP contribution in [0.3, 0.4) is 0 Å². The standard InChI is InChI=1S/C14H7BrClNO3/c15-13-4-3-12(20-13)11-6-9(14(18)19)8-2-1-7(16)5-10(8)17-11/h1-6H,(H,18,19). The summed E-state index contributed by atoms with van der Waals surface area (Å²) in [5, 5.41) is 10.4. The largest absolute Gasteiger partial charge is 0.478 e. The van der Waals surface area contributed by atoms with Crippen molar-refractivity contribution in [1.82, 2.24) is 4.98 Å². The molecule has 3 aromatic rings. The summed E-state index contributed by atoms with van der Waals surface area (Å²) in [5.74, 6) is -0.534. The normalized spacial score (nSPS) is 10.9. The zero-order valence-electron chi connectivity index (χ0n) is 9.93. The van der Waals surface area contributed by atoms with Crippen LogP contribution in [0.15, 0.2) is 45.5 Å². The highest BCUT2D eigenvalue weighted by Crippen LogP contribution is 2.29. The van der Waals surface area contributed by atoms with E-state index in [1.807, 2.05) is 0 Å². The molecule has 0 atom stereocenters. The lowest BCUT2D eigenvalue weighted by Gasteiger charge is -2.05. The summed E-state index contributed by atoms with van der Waals surface area (Å²) in [5.41, 5.74) is 1.12. The summed E-state index contributed by atoms with van der Waals surface area (Å²) in [6, 6.07) is 9.85. The smallest absolute Gasteiger partial charge is 0.336 e. The molecule has 0 unspecified atom stereocenters. The Kier molecular flexibility index (Phi) is 3.23. The van der Waals surface area contributed by atoms with Gasteiger partial charge in [-0.15, -0.1) is 0 Å². The fourth-order valence-electron chi connectivity index (χ4n) is 1.96. The number of carboxylic acid groups (broad SMARTS) is 1. The maximum Gasteiger partial charge on any atom is 0.336 e. The molecule has 6 heteroatoms. The van der Waals surface area contributed by atoms with Gasteiger partial charge in [0.15, 0.2) is 10.4 Å². The number of aromatic nitrogens is 1. The van der Waals surface area contributed by atoms with Gasteiger partial charge in [0, 0.05) is 10.4 Å². The molecule has 0 amide bonds. The number of hydrogen-bond donors (Lipinski definition) is 1. The molecule has 0 aliphatic heterocycles. The molecule has 0 spiro atoms. The third-order valence-electron chi connectivity index (χ3n) is 2.83. The fraction of sp³-hybridized carbons (Fsp3) is 0. The van der Waals surface area contributed by atoms with E-state index in [0.29, 0.717) is 32.0 Å². The van der Waals surface area contributed by atoms with Crippen molar-refractivity contribution in [3.8, 4) is 11.5 Å². The van der Waals surface area contributed by atoms with Crippen molar-refractivity contribution in [3.05, 3.63) is 51.7 Å². The minimum absolute atomic E-state index is 0.161. The third kappa shape index (κ3) is 2.30. The first-order valence-electron chi connectivity index (χ1n) is 5.64. The van der Waals surface area contributed by atoms with Crippen molar-refractivity contribution in [2.45, 2.75) is 0 Å². The summed E-state index contributed by atoms with van der Waals surface area (Å²) in [6.07, 6.45) is 0. The maximum atomic E-state index is 11.4. The number of hydrogen-bond acceptors (Lipinski definition) is 3. The fourth-order valence-corrected chi connectivity index (χ4v) is 2.43. The van der Waals surface area contributed by atoms with E-state index in [-0.39, 0.29) is 5.56 Å². The van der Waals surface area contributed by atoms with Crippen molar-refractivity contribution >= 4 is 44.4 Å². The number of rotatable bonds is 2. The summed E-state index contributed by atoms with van der Waals surface area (Å²) in [4.78, 5) is 15.8. The molecule has 100 valence electrons. The van der Waals surface area contributed by atoms with E-state index in [0.717, 1.165) is 0 Å². The zero-order chi connectivity index (χ0) is 14.3. The molecule has 0 aliphatic rings. The van der Waals surface area contributed by atoms with Crippen LogP contribution in [-0.4, -0.2) is 16.1 Å². The van der Waals surface area contributed by atoms with E-state index >= 15 is 0 Å². The molecule has 0 saturated carbocycles. The summed E-state index contributed by atoms with van der Waals surface area (Å²) >= 11 is 9.14. The second-order valence-corrected chi connectivity index (χ2v) is 5.34. The number of halogens is 2. The van der Waals surface area contributed by atoms with Crippen molar-refractivity contribution in [2.75, 3.05) is 0 Å². The number of carbonyl (C=O) groups is 1. The number of pyridine rings is 1. The lowest BCUT2D eigenvalue weighted by atomic mass is 10.1. The number of carboxylic acids is 1. The van der Waals surface area contributed by atoms with Gasteiger partial charge in [0.2, 0.25) is 0 Å². The summed E-state index contributed by atoms with van der Waals surface area (Å²) in [7, 11) is 0. The number of benzene rings is 1. The van der Waals surface area contributed by atoms with Gasteiger partial charge in [-0.2, -0.15) is 0 Å². The lowest BCUT2D eigenvalue weighted by molar-refractivity contribution is 0.0699. The first-order valence-corrected chi connectivity index (χ1v) is 6.81. The van der Waals surface area contributed by atoms with Gasteiger partial charge in [0.1, 0.15) is 5.69 Å². The van der Waals surface area contributed by atoms with Gasteiger partial charge in [-0.3, -0.25) is 0 Å². The van der Waals surface area contributed by atoms with Crippen LogP contribution in [0.2, 0.25) is 5.02 Å². The Bertz CT molecular complexity index is 828. The second-order valence-electron chi connectivity index (χ2n) is 4.13. The Labute approximate surface area is 127 Å². The Morgan fingerprint density at radius 1 is 1.25 bits per heavy atom. The highest BCUT2D eigenvalue weighted by Gasteiger charge is 2.14. The summed E-state index contributed by atoms with van der Waals surface area (Å²) in [6.45, 7) is 0. The monoisotopic (exact) mass is 351 g/mol. The van der Waals surface area contributed by atoms with E-state index in [1.165, 1.54) is 6.07 Å². The van der Waals surface area contributed by atoms with Gasteiger partial charge in [-0.25, -0.2) is 9.78 Å². The van der Waals surface area contributed by atoms with Crippen molar-refractivity contribution in [2.24, 2.45) is 0 Å². The molecular weight excluding hydrogens is 346 g/mol. The SMILES string of the molecule is O=C(O)c1cc(-c2ccc(Br)o2)nc2cc(Cl)ccc12. The molecule has 4 nitrogen and oxygen atoms in total. The topological polar surface area (TPSA) is 63.3 Å². The average molecular weight is 353 g/mol. The van der Waals surface area contributed by atoms with Crippen LogP contribution in [-0.2, 0) is 0 Å². The minimum atomic E-state index is -1.02. The molecule has 3 rings (SSSR count). The third-order valence-corrected chi connectivity index (χ3v) is 3.49. The number of nitrogens with zero attached hydrogens (tertiary/aromatic N) is 1. The molecule has 0 fully saturated rings. The first-order chi connectivity index (χ1) is 9.54. The Morgan fingerprint density at radius 3 is 2.70 bits per heavy atom. The Morgan fingerprint density at radius 2 is 2.05 bits per heavy atom. The van der Waals surface area contributed by atoms with Crippen LogP contribution in [0, 0.1) is 0 Å². The van der Waals surface area contributed by atoms with Crippen LogP contribution in [0.5, 0.6) is 0 Å². The van der Waals surface area contributed by atoms with Crippen molar-refractivity contribution in [1.29, 1.82) is 0 Å². The Balaban J connectivity index is 2.32. The van der Waals surface area contributed by atoms with Crippen LogP contribution < -0.4 is 0 Å². The van der Waals surface area contributed by atoms with E-state index < -0.39 is 5.97 Å². The van der Waals surface area contributed by atoms with Crippen molar-refractivity contribution in [3.63, 3.8) is 0 Å². The van der Waals surface area contributed by atoms with Crippen LogP contribution in [0.1, 0.15) is 10.4 Å². The van der Waals surface area contributed by atoms with Crippen molar-refractivity contribution < 1.29 is 14.3 Å². The molecule has 1 aromatic carbocycles. The summed E-state index contributed by atoms with van der Waals surface area (Å²) < 4.78 is 5.96. The number of aromatic carboxylic acids is 1. The van der Waals surface area contributed by atoms with E-state index in [9.17, 15) is 9.90 Å². The molecule has 2 aromatic heterocycles. The van der Waals surface area contributed by atoms with Gasteiger partial charge in [-0.1, -0.05) is 17.7 Å². The molecule has 0 radical (unpaired) electrons. The van der Waals surface area contributed by atoms with Gasteiger partial charge >= 0.3 is 5.97 Å². The maximum absolute atomic E-state index is 11.4. The highest BCUT2D eigenvalue weighted by atomic mass is 79.9. The van der Waals surface area contributed by atoms with Gasteiger partial charge < -0.3 is 9.52 Å². The molecule has 20 heavy (non-hydrogen) atoms. The number of fused-ring (bicyclic) bond motifs is 1. The quantitative estimate of drug-likeness (QED) is 0.731. The molecule has 0 saturated heterocycles. The molecule has 0 bridgehead atoms. The average Bonchev–Trinajstić information content (AvgIpc) is 2.83. The predicted molar refractivity (Wildman–Crippen MR) is 79.1 cm³/mol. The molecule has 1 N–H and O–H groups in total. The predicted octanol–water partition coefficient (Wildman–Crippen LogP) is 4.61. The molecule has 0 aliphatic carbocycles. The van der Waals surface area contributed by atoms with Gasteiger partial charge in [-0.05, 0) is 46.3 Å². The first kappa shape index (κ1) is 13.1. The van der Waals surface area contributed by atoms with E-state index in [2.05, 4.69) is 20.9 Å². The van der Waals surface area contributed by atoms with Gasteiger partial charge in [0.25, 0.3) is 0 Å². The van der Waals surface area contributed by atoms with Crippen LogP contribution in [0.4, 0.5) is 0 Å². The van der Waals surface area contributed by atoms with E-state index in [4.69, 9.17) is 16.0 Å². The van der Waals surface area contributed by atoms with E-state index in [1.54, 1.807) is 30.3 Å². The number of furan rings is 1. The van der Waals surface area contributed by atoms with Gasteiger partial charge in [0.05, 0.1) is 11.1 Å². The second kappa shape index (κ2) is 4.92. The van der Waals surface area contributed by atoms with Crippen LogP contribution in [0.25, 0.3) is 22.4 Å². The molecular formula is C14H7BrClNO3. The van der Waals surface area contributed by atoms with Crippen LogP contribution >= 0.6 is 27.5 Å². The highest BCUT2D eigenvalue weighted by molar-refractivity contribution is 9.10. The molecule has 2 heterocycles. The zero-order valence-corrected chi connectivity index (χ0v) is 12.3. The Hall–Kier alpha value is -1.85. The lowest BCUT2D eigenvalue weighted by Crippen LogP contribution is -2.00. The minimum Gasteiger partial charge on any atom is -0.478 e.